The fraction of sp³-hybridized carbons (Fsp3) is 0.429. The van der Waals surface area contributed by atoms with Crippen molar-refractivity contribution in [2.45, 2.75) is 33.2 Å². The van der Waals surface area contributed by atoms with Crippen molar-refractivity contribution >= 4 is 23.1 Å². The first-order chi connectivity index (χ1) is 8.95. The molecule has 0 bridgehead atoms. The zero-order chi connectivity index (χ0) is 14.4. The Kier molecular flexibility index (Phi) is 5.36. The average molecular weight is 263 g/mol. The highest BCUT2D eigenvalue weighted by molar-refractivity contribution is 6.00. The van der Waals surface area contributed by atoms with Crippen LogP contribution in [-0.4, -0.2) is 24.3 Å². The Hall–Kier alpha value is -2.04. The topological polar surface area (TPSA) is 84.2 Å². The van der Waals surface area contributed by atoms with Crippen LogP contribution in [0.5, 0.6) is 0 Å². The Morgan fingerprint density at radius 3 is 2.63 bits per heavy atom. The summed E-state index contributed by atoms with van der Waals surface area (Å²) in [7, 11) is 0. The lowest BCUT2D eigenvalue weighted by molar-refractivity contribution is -0.121. The maximum Gasteiger partial charge on any atom is 0.242 e. The van der Waals surface area contributed by atoms with Crippen LogP contribution in [-0.2, 0) is 4.79 Å². The predicted molar refractivity (Wildman–Crippen MR) is 77.2 cm³/mol. The molecule has 5 heteroatoms. The minimum absolute atomic E-state index is 0.0666. The number of hydrogen-bond acceptors (Lipinski definition) is 4. The molecular weight excluding hydrogens is 242 g/mol. The summed E-state index contributed by atoms with van der Waals surface area (Å²) in [4.78, 5) is 23.1. The standard InChI is InChI=1S/C14H21N3O2/c1-4-7-16-14(19)9(2)17-11-5-6-13(15)12(8-11)10(3)18/h5-6,8-9,17H,4,7,15H2,1-3H3,(H,16,19). The van der Waals surface area contributed by atoms with Crippen molar-refractivity contribution in [2.75, 3.05) is 17.6 Å². The van der Waals surface area contributed by atoms with E-state index in [2.05, 4.69) is 10.6 Å². The Labute approximate surface area is 113 Å². The molecule has 0 aromatic heterocycles. The second-order valence-corrected chi connectivity index (χ2v) is 4.52. The summed E-state index contributed by atoms with van der Waals surface area (Å²) in [5.74, 6) is -0.160. The van der Waals surface area contributed by atoms with Crippen molar-refractivity contribution in [1.82, 2.24) is 5.32 Å². The van der Waals surface area contributed by atoms with Gasteiger partial charge in [0.25, 0.3) is 0 Å². The third-order valence-corrected chi connectivity index (χ3v) is 2.76. The van der Waals surface area contributed by atoms with Gasteiger partial charge in [-0.3, -0.25) is 9.59 Å². The lowest BCUT2D eigenvalue weighted by atomic mass is 10.1. The highest BCUT2D eigenvalue weighted by atomic mass is 16.2. The van der Waals surface area contributed by atoms with Crippen LogP contribution in [0.25, 0.3) is 0 Å². The van der Waals surface area contributed by atoms with Gasteiger partial charge in [-0.15, -0.1) is 0 Å². The van der Waals surface area contributed by atoms with Crippen molar-refractivity contribution < 1.29 is 9.59 Å². The summed E-state index contributed by atoms with van der Waals surface area (Å²) in [6.45, 7) is 5.89. The Morgan fingerprint density at radius 2 is 2.05 bits per heavy atom. The van der Waals surface area contributed by atoms with E-state index in [4.69, 9.17) is 5.73 Å². The molecule has 1 atom stereocenters. The van der Waals surface area contributed by atoms with Gasteiger partial charge in [-0.05, 0) is 38.5 Å². The van der Waals surface area contributed by atoms with Crippen molar-refractivity contribution in [3.8, 4) is 0 Å². The number of carbonyl (C=O) groups excluding carboxylic acids is 2. The van der Waals surface area contributed by atoms with E-state index in [9.17, 15) is 9.59 Å². The van der Waals surface area contributed by atoms with Crippen molar-refractivity contribution in [3.05, 3.63) is 23.8 Å². The summed E-state index contributed by atoms with van der Waals surface area (Å²) >= 11 is 0. The summed E-state index contributed by atoms with van der Waals surface area (Å²) in [6.07, 6.45) is 0.898. The molecule has 0 aliphatic heterocycles. The van der Waals surface area contributed by atoms with E-state index >= 15 is 0 Å². The number of Topliss-reactive ketones (excluding diaryl/α,β-unsaturated/α-hetero) is 1. The molecule has 0 fully saturated rings. The van der Waals surface area contributed by atoms with Gasteiger partial charge in [-0.1, -0.05) is 6.92 Å². The zero-order valence-electron chi connectivity index (χ0n) is 11.6. The molecule has 1 rings (SSSR count). The number of nitrogens with one attached hydrogen (secondary N) is 2. The summed E-state index contributed by atoms with van der Waals surface area (Å²) in [6, 6.07) is 4.72. The normalized spacial score (nSPS) is 11.7. The fourth-order valence-electron chi connectivity index (χ4n) is 1.67. The van der Waals surface area contributed by atoms with E-state index in [1.54, 1.807) is 25.1 Å². The molecule has 104 valence electrons. The third kappa shape index (κ3) is 4.28. The van der Waals surface area contributed by atoms with Gasteiger partial charge in [0.05, 0.1) is 0 Å². The van der Waals surface area contributed by atoms with Gasteiger partial charge in [0.2, 0.25) is 5.91 Å². The van der Waals surface area contributed by atoms with Crippen LogP contribution in [0.1, 0.15) is 37.6 Å². The zero-order valence-corrected chi connectivity index (χ0v) is 11.6. The number of carbonyl (C=O) groups is 2. The Balaban J connectivity index is 2.74. The summed E-state index contributed by atoms with van der Waals surface area (Å²) in [5.41, 5.74) is 7.34. The number of hydrogen-bond donors (Lipinski definition) is 3. The molecule has 1 aromatic carbocycles. The van der Waals surface area contributed by atoms with E-state index in [0.29, 0.717) is 23.5 Å². The first kappa shape index (κ1) is 15.0. The molecule has 0 heterocycles. The van der Waals surface area contributed by atoms with Crippen LogP contribution in [0.3, 0.4) is 0 Å². The number of ketones is 1. The molecule has 19 heavy (non-hydrogen) atoms. The molecule has 0 radical (unpaired) electrons. The second-order valence-electron chi connectivity index (χ2n) is 4.52. The average Bonchev–Trinajstić information content (AvgIpc) is 2.37. The Bertz CT molecular complexity index is 472. The molecular formula is C14H21N3O2. The highest BCUT2D eigenvalue weighted by Crippen LogP contribution is 2.19. The lowest BCUT2D eigenvalue weighted by Crippen LogP contribution is -2.37. The van der Waals surface area contributed by atoms with Gasteiger partial charge >= 0.3 is 0 Å². The predicted octanol–water partition coefficient (Wildman–Crippen LogP) is 1.80. The maximum absolute atomic E-state index is 11.7. The minimum Gasteiger partial charge on any atom is -0.398 e. The molecule has 1 aromatic rings. The summed E-state index contributed by atoms with van der Waals surface area (Å²) in [5, 5.41) is 5.86. The molecule has 0 spiro atoms. The SMILES string of the molecule is CCCNC(=O)C(C)Nc1ccc(N)c(C(C)=O)c1. The van der Waals surface area contributed by atoms with Crippen molar-refractivity contribution in [3.63, 3.8) is 0 Å². The van der Waals surface area contributed by atoms with Crippen LogP contribution in [0.15, 0.2) is 18.2 Å². The van der Waals surface area contributed by atoms with Gasteiger partial charge in [0.15, 0.2) is 5.78 Å². The highest BCUT2D eigenvalue weighted by Gasteiger charge is 2.13. The van der Waals surface area contributed by atoms with Gasteiger partial charge in [-0.2, -0.15) is 0 Å². The fourth-order valence-corrected chi connectivity index (χ4v) is 1.67. The quantitative estimate of drug-likeness (QED) is 0.539. The number of amides is 1. The van der Waals surface area contributed by atoms with E-state index in [1.807, 2.05) is 6.92 Å². The van der Waals surface area contributed by atoms with Crippen LogP contribution in [0.4, 0.5) is 11.4 Å². The van der Waals surface area contributed by atoms with Crippen LogP contribution in [0.2, 0.25) is 0 Å². The maximum atomic E-state index is 11.7. The van der Waals surface area contributed by atoms with Crippen LogP contribution in [0, 0.1) is 0 Å². The molecule has 1 unspecified atom stereocenters. The third-order valence-electron chi connectivity index (χ3n) is 2.76. The van der Waals surface area contributed by atoms with Gasteiger partial charge in [0, 0.05) is 23.5 Å². The molecule has 1 amide bonds. The van der Waals surface area contributed by atoms with E-state index in [1.165, 1.54) is 6.92 Å². The first-order valence-corrected chi connectivity index (χ1v) is 6.40. The van der Waals surface area contributed by atoms with Gasteiger partial charge < -0.3 is 16.4 Å². The van der Waals surface area contributed by atoms with E-state index in [0.717, 1.165) is 6.42 Å². The smallest absolute Gasteiger partial charge is 0.242 e. The van der Waals surface area contributed by atoms with Gasteiger partial charge in [0.1, 0.15) is 6.04 Å². The van der Waals surface area contributed by atoms with Gasteiger partial charge in [-0.25, -0.2) is 0 Å². The monoisotopic (exact) mass is 263 g/mol. The molecule has 0 saturated heterocycles. The second kappa shape index (κ2) is 6.78. The molecule has 0 aliphatic rings. The number of rotatable bonds is 6. The molecule has 4 N–H and O–H groups in total. The Morgan fingerprint density at radius 1 is 1.37 bits per heavy atom. The number of nitrogens with two attached hydrogens (primary N) is 1. The number of benzene rings is 1. The van der Waals surface area contributed by atoms with Crippen molar-refractivity contribution in [2.24, 2.45) is 0 Å². The van der Waals surface area contributed by atoms with E-state index in [-0.39, 0.29) is 17.7 Å². The number of nitrogen functional groups attached to an aromatic ring is 1. The molecule has 0 aliphatic carbocycles. The summed E-state index contributed by atoms with van der Waals surface area (Å²) < 4.78 is 0. The first-order valence-electron chi connectivity index (χ1n) is 6.40. The van der Waals surface area contributed by atoms with E-state index < -0.39 is 0 Å². The largest absolute Gasteiger partial charge is 0.398 e. The molecule has 0 saturated carbocycles. The molecule has 5 nitrogen and oxygen atoms in total. The van der Waals surface area contributed by atoms with Crippen molar-refractivity contribution in [1.29, 1.82) is 0 Å². The number of anilines is 2. The van der Waals surface area contributed by atoms with Crippen LogP contribution < -0.4 is 16.4 Å². The lowest BCUT2D eigenvalue weighted by Gasteiger charge is -2.16. The van der Waals surface area contributed by atoms with Crippen LogP contribution >= 0.6 is 0 Å². The minimum atomic E-state index is -0.366.